The molecule has 112 valence electrons. The van der Waals surface area contributed by atoms with E-state index in [2.05, 4.69) is 10.0 Å². The molecule has 5 nitrogen and oxygen atoms in total. The predicted molar refractivity (Wildman–Crippen MR) is 86.8 cm³/mol. The number of nitrogen functional groups attached to an aromatic ring is 1. The SMILES string of the molecule is CNS(=O)(=O)c1ccc(Nc2ccc(Cl)c(Cl)c2)cc1N. The van der Waals surface area contributed by atoms with E-state index < -0.39 is 10.0 Å². The number of benzene rings is 2. The quantitative estimate of drug-likeness (QED) is 0.742. The topological polar surface area (TPSA) is 84.2 Å². The molecule has 0 atom stereocenters. The monoisotopic (exact) mass is 345 g/mol. The van der Waals surface area contributed by atoms with Gasteiger partial charge in [0.05, 0.1) is 15.7 Å². The third kappa shape index (κ3) is 3.59. The molecule has 21 heavy (non-hydrogen) atoms. The molecule has 0 aromatic heterocycles. The standard InChI is InChI=1S/C13H13Cl2N3O2S/c1-17-21(19,20)13-5-3-9(7-12(13)16)18-8-2-4-10(14)11(15)6-8/h2-7,17-18H,16H2,1H3. The lowest BCUT2D eigenvalue weighted by molar-refractivity contribution is 0.588. The molecule has 0 aliphatic rings. The number of rotatable bonds is 4. The molecule has 2 aromatic carbocycles. The smallest absolute Gasteiger partial charge is 0.242 e. The summed E-state index contributed by atoms with van der Waals surface area (Å²) in [6, 6.07) is 9.66. The zero-order valence-electron chi connectivity index (χ0n) is 11.0. The van der Waals surface area contributed by atoms with Gasteiger partial charge in [0.25, 0.3) is 0 Å². The molecule has 0 fully saturated rings. The Labute approximate surface area is 133 Å². The van der Waals surface area contributed by atoms with E-state index in [1.807, 2.05) is 0 Å². The van der Waals surface area contributed by atoms with Crippen LogP contribution in [0.5, 0.6) is 0 Å². The van der Waals surface area contributed by atoms with Gasteiger partial charge >= 0.3 is 0 Å². The van der Waals surface area contributed by atoms with E-state index >= 15 is 0 Å². The molecule has 4 N–H and O–H groups in total. The average Bonchev–Trinajstić information content (AvgIpc) is 2.43. The van der Waals surface area contributed by atoms with Crippen LogP contribution in [0.25, 0.3) is 0 Å². The number of hydrogen-bond acceptors (Lipinski definition) is 4. The fourth-order valence-corrected chi connectivity index (χ4v) is 2.86. The Bertz CT molecular complexity index is 779. The van der Waals surface area contributed by atoms with Gasteiger partial charge in [0.15, 0.2) is 0 Å². The number of sulfonamides is 1. The second-order valence-electron chi connectivity index (χ2n) is 4.21. The summed E-state index contributed by atoms with van der Waals surface area (Å²) in [5, 5.41) is 3.95. The summed E-state index contributed by atoms with van der Waals surface area (Å²) in [6.07, 6.45) is 0. The molecule has 0 amide bonds. The lowest BCUT2D eigenvalue weighted by Gasteiger charge is -2.11. The van der Waals surface area contributed by atoms with Gasteiger partial charge in [0.1, 0.15) is 4.90 Å². The van der Waals surface area contributed by atoms with Gasteiger partial charge in [0, 0.05) is 11.4 Å². The van der Waals surface area contributed by atoms with Crippen LogP contribution in [-0.4, -0.2) is 15.5 Å². The van der Waals surface area contributed by atoms with E-state index in [-0.39, 0.29) is 10.6 Å². The molecule has 2 rings (SSSR count). The highest BCUT2D eigenvalue weighted by Gasteiger charge is 2.15. The highest BCUT2D eigenvalue weighted by molar-refractivity contribution is 7.89. The Balaban J connectivity index is 2.30. The third-order valence-corrected chi connectivity index (χ3v) is 5.00. The second-order valence-corrected chi connectivity index (χ2v) is 6.88. The van der Waals surface area contributed by atoms with Crippen molar-refractivity contribution in [2.75, 3.05) is 18.1 Å². The summed E-state index contributed by atoms with van der Waals surface area (Å²) in [5.74, 6) is 0. The van der Waals surface area contributed by atoms with E-state index in [4.69, 9.17) is 28.9 Å². The van der Waals surface area contributed by atoms with Crippen LogP contribution in [0, 0.1) is 0 Å². The van der Waals surface area contributed by atoms with Crippen LogP contribution in [0.2, 0.25) is 10.0 Å². The fourth-order valence-electron chi connectivity index (χ4n) is 1.72. The van der Waals surface area contributed by atoms with Crippen molar-refractivity contribution in [1.82, 2.24) is 4.72 Å². The molecule has 0 aliphatic carbocycles. The van der Waals surface area contributed by atoms with Crippen molar-refractivity contribution >= 4 is 50.3 Å². The minimum Gasteiger partial charge on any atom is -0.398 e. The van der Waals surface area contributed by atoms with Crippen LogP contribution in [-0.2, 0) is 10.0 Å². The van der Waals surface area contributed by atoms with Gasteiger partial charge in [-0.15, -0.1) is 0 Å². The highest BCUT2D eigenvalue weighted by atomic mass is 35.5. The van der Waals surface area contributed by atoms with Gasteiger partial charge in [-0.25, -0.2) is 13.1 Å². The molecule has 0 bridgehead atoms. The summed E-state index contributed by atoms with van der Waals surface area (Å²) in [7, 11) is -2.24. The number of nitrogens with two attached hydrogens (primary N) is 1. The minimum absolute atomic E-state index is 0.0321. The molecule has 8 heteroatoms. The van der Waals surface area contributed by atoms with Crippen molar-refractivity contribution in [3.05, 3.63) is 46.4 Å². The van der Waals surface area contributed by atoms with E-state index in [1.165, 1.54) is 19.2 Å². The average molecular weight is 346 g/mol. The first-order chi connectivity index (χ1) is 9.83. The van der Waals surface area contributed by atoms with Crippen LogP contribution in [0.15, 0.2) is 41.3 Å². The third-order valence-electron chi connectivity index (χ3n) is 2.78. The predicted octanol–water partition coefficient (Wildman–Crippen LogP) is 3.23. The van der Waals surface area contributed by atoms with Gasteiger partial charge < -0.3 is 11.1 Å². The van der Waals surface area contributed by atoms with E-state index in [0.29, 0.717) is 21.4 Å². The van der Waals surface area contributed by atoms with Crippen molar-refractivity contribution in [3.8, 4) is 0 Å². The summed E-state index contributed by atoms with van der Waals surface area (Å²) in [4.78, 5) is 0.0321. The molecule has 0 saturated heterocycles. The Morgan fingerprint density at radius 1 is 1.00 bits per heavy atom. The van der Waals surface area contributed by atoms with Crippen LogP contribution >= 0.6 is 23.2 Å². The maximum Gasteiger partial charge on any atom is 0.242 e. The summed E-state index contributed by atoms with van der Waals surface area (Å²) >= 11 is 11.8. The number of anilines is 3. The Morgan fingerprint density at radius 2 is 1.62 bits per heavy atom. The van der Waals surface area contributed by atoms with Gasteiger partial charge in [-0.05, 0) is 43.4 Å². The van der Waals surface area contributed by atoms with Crippen molar-refractivity contribution in [3.63, 3.8) is 0 Å². The van der Waals surface area contributed by atoms with Gasteiger partial charge in [-0.3, -0.25) is 0 Å². The first kappa shape index (κ1) is 15.9. The van der Waals surface area contributed by atoms with E-state index in [9.17, 15) is 8.42 Å². The fraction of sp³-hybridized carbons (Fsp3) is 0.0769. The lowest BCUT2D eigenvalue weighted by Crippen LogP contribution is -2.19. The maximum absolute atomic E-state index is 11.7. The summed E-state index contributed by atoms with van der Waals surface area (Å²) in [5.41, 5.74) is 7.29. The normalized spacial score (nSPS) is 11.4. The molecule has 2 aromatic rings. The molecule has 0 unspecified atom stereocenters. The molecule has 0 radical (unpaired) electrons. The largest absolute Gasteiger partial charge is 0.398 e. The molecular formula is C13H13Cl2N3O2S. The van der Waals surface area contributed by atoms with E-state index in [1.54, 1.807) is 24.3 Å². The molecule has 0 aliphatic heterocycles. The summed E-state index contributed by atoms with van der Waals surface area (Å²) in [6.45, 7) is 0. The Morgan fingerprint density at radius 3 is 2.19 bits per heavy atom. The number of hydrogen-bond donors (Lipinski definition) is 3. The Kier molecular flexibility index (Phi) is 4.63. The number of halogens is 2. The second kappa shape index (κ2) is 6.11. The van der Waals surface area contributed by atoms with Crippen molar-refractivity contribution in [2.45, 2.75) is 4.90 Å². The van der Waals surface area contributed by atoms with Gasteiger partial charge in [0.2, 0.25) is 10.0 Å². The van der Waals surface area contributed by atoms with Crippen molar-refractivity contribution < 1.29 is 8.42 Å². The van der Waals surface area contributed by atoms with Gasteiger partial charge in [-0.1, -0.05) is 23.2 Å². The number of nitrogens with one attached hydrogen (secondary N) is 2. The molecule has 0 saturated carbocycles. The minimum atomic E-state index is -3.57. The zero-order chi connectivity index (χ0) is 15.6. The van der Waals surface area contributed by atoms with Crippen molar-refractivity contribution in [2.24, 2.45) is 0 Å². The first-order valence-corrected chi connectivity index (χ1v) is 8.12. The van der Waals surface area contributed by atoms with Crippen molar-refractivity contribution in [1.29, 1.82) is 0 Å². The highest BCUT2D eigenvalue weighted by Crippen LogP contribution is 2.28. The lowest BCUT2D eigenvalue weighted by atomic mass is 10.2. The van der Waals surface area contributed by atoms with Crippen LogP contribution in [0.1, 0.15) is 0 Å². The first-order valence-electron chi connectivity index (χ1n) is 5.88. The van der Waals surface area contributed by atoms with Gasteiger partial charge in [-0.2, -0.15) is 0 Å². The Hall–Kier alpha value is -1.47. The molecular weight excluding hydrogens is 333 g/mol. The summed E-state index contributed by atoms with van der Waals surface area (Å²) < 4.78 is 25.7. The zero-order valence-corrected chi connectivity index (χ0v) is 13.4. The molecule has 0 spiro atoms. The van der Waals surface area contributed by atoms with Crippen LogP contribution in [0.4, 0.5) is 17.1 Å². The van der Waals surface area contributed by atoms with Crippen LogP contribution in [0.3, 0.4) is 0 Å². The molecule has 0 heterocycles. The maximum atomic E-state index is 11.7. The van der Waals surface area contributed by atoms with Crippen LogP contribution < -0.4 is 15.8 Å². The van der Waals surface area contributed by atoms with E-state index in [0.717, 1.165) is 0 Å².